The molecule has 116 valence electrons. The van der Waals surface area contributed by atoms with E-state index in [1.54, 1.807) is 0 Å². The Labute approximate surface area is 125 Å². The first-order chi connectivity index (χ1) is 10.2. The van der Waals surface area contributed by atoms with E-state index >= 15 is 0 Å². The van der Waals surface area contributed by atoms with Crippen molar-refractivity contribution in [1.82, 2.24) is 9.78 Å². The maximum absolute atomic E-state index is 12.2. The molecule has 0 atom stereocenters. The average Bonchev–Trinajstić information content (AvgIpc) is 2.79. The molecule has 0 bridgehead atoms. The number of aromatic carboxylic acids is 1. The minimum absolute atomic E-state index is 0.0371. The molecule has 0 unspecified atom stereocenters. The van der Waals surface area contributed by atoms with E-state index in [2.05, 4.69) is 9.82 Å². The highest BCUT2D eigenvalue weighted by Crippen LogP contribution is 2.17. The normalized spacial score (nSPS) is 11.1. The summed E-state index contributed by atoms with van der Waals surface area (Å²) in [5.74, 6) is -2.15. The van der Waals surface area contributed by atoms with E-state index in [4.69, 9.17) is 10.8 Å². The quantitative estimate of drug-likeness (QED) is 0.707. The molecular formula is C12H12N4O5S. The number of primary amides is 1. The second kappa shape index (κ2) is 5.48. The van der Waals surface area contributed by atoms with Crippen molar-refractivity contribution in [3.05, 3.63) is 41.6 Å². The summed E-state index contributed by atoms with van der Waals surface area (Å²) in [6.45, 7) is 0. The van der Waals surface area contributed by atoms with E-state index in [1.807, 2.05) is 0 Å². The van der Waals surface area contributed by atoms with Crippen molar-refractivity contribution in [3.8, 4) is 0 Å². The summed E-state index contributed by atoms with van der Waals surface area (Å²) in [6, 6.07) is 6.22. The molecule has 0 saturated heterocycles. The van der Waals surface area contributed by atoms with Crippen LogP contribution < -0.4 is 10.5 Å². The number of carboxylic acid groups (broad SMARTS) is 1. The number of nitrogens with one attached hydrogen (secondary N) is 1. The fourth-order valence-corrected chi connectivity index (χ4v) is 2.76. The summed E-state index contributed by atoms with van der Waals surface area (Å²) in [4.78, 5) is 21.8. The number of rotatable bonds is 5. The van der Waals surface area contributed by atoms with Gasteiger partial charge in [0.2, 0.25) is 5.91 Å². The van der Waals surface area contributed by atoms with E-state index in [0.29, 0.717) is 0 Å². The predicted molar refractivity (Wildman–Crippen MR) is 75.9 cm³/mol. The minimum Gasteiger partial charge on any atom is -0.477 e. The molecule has 0 spiro atoms. The Morgan fingerprint density at radius 2 is 2.00 bits per heavy atom. The van der Waals surface area contributed by atoms with E-state index in [-0.39, 0.29) is 22.0 Å². The molecule has 2 rings (SSSR count). The zero-order chi connectivity index (χ0) is 16.5. The summed E-state index contributed by atoms with van der Waals surface area (Å²) < 4.78 is 27.6. The molecule has 22 heavy (non-hydrogen) atoms. The van der Waals surface area contributed by atoms with Crippen LogP contribution in [0.15, 0.2) is 35.2 Å². The third-order valence-electron chi connectivity index (χ3n) is 2.77. The van der Waals surface area contributed by atoms with Gasteiger partial charge < -0.3 is 10.8 Å². The molecule has 0 aliphatic carbocycles. The van der Waals surface area contributed by atoms with E-state index in [0.717, 1.165) is 16.8 Å². The molecule has 1 aromatic carbocycles. The highest BCUT2D eigenvalue weighted by atomic mass is 32.2. The third kappa shape index (κ3) is 3.06. The molecule has 10 heteroatoms. The first kappa shape index (κ1) is 15.5. The lowest BCUT2D eigenvalue weighted by atomic mass is 10.2. The number of nitrogens with two attached hydrogens (primary N) is 1. The van der Waals surface area contributed by atoms with Crippen LogP contribution in [0, 0.1) is 0 Å². The van der Waals surface area contributed by atoms with Gasteiger partial charge in [0.25, 0.3) is 10.0 Å². The molecule has 1 amide bonds. The van der Waals surface area contributed by atoms with Crippen LogP contribution in [0.2, 0.25) is 0 Å². The fraction of sp³-hybridized carbons (Fsp3) is 0.0833. The summed E-state index contributed by atoms with van der Waals surface area (Å²) >= 11 is 0. The number of anilines is 1. The van der Waals surface area contributed by atoms with Gasteiger partial charge in [0, 0.05) is 18.7 Å². The maximum atomic E-state index is 12.2. The van der Waals surface area contributed by atoms with Crippen molar-refractivity contribution in [3.63, 3.8) is 0 Å². The lowest BCUT2D eigenvalue weighted by Gasteiger charge is -2.06. The molecule has 4 N–H and O–H groups in total. The van der Waals surface area contributed by atoms with Gasteiger partial charge in [-0.25, -0.2) is 13.2 Å². The Morgan fingerprint density at radius 1 is 1.32 bits per heavy atom. The predicted octanol–water partition coefficient (Wildman–Crippen LogP) is 0.0180. The van der Waals surface area contributed by atoms with Gasteiger partial charge in [-0.15, -0.1) is 0 Å². The van der Waals surface area contributed by atoms with Crippen molar-refractivity contribution in [2.45, 2.75) is 4.90 Å². The number of hydrogen-bond donors (Lipinski definition) is 3. The van der Waals surface area contributed by atoms with Crippen LogP contribution in [0.3, 0.4) is 0 Å². The number of carboxylic acids is 1. The van der Waals surface area contributed by atoms with Gasteiger partial charge in [0.05, 0.1) is 4.90 Å². The number of sulfonamides is 1. The van der Waals surface area contributed by atoms with Crippen molar-refractivity contribution < 1.29 is 23.1 Å². The summed E-state index contributed by atoms with van der Waals surface area (Å²) in [7, 11) is -2.66. The zero-order valence-electron chi connectivity index (χ0n) is 11.3. The van der Waals surface area contributed by atoms with E-state index < -0.39 is 21.9 Å². The highest BCUT2D eigenvalue weighted by Gasteiger charge is 2.19. The van der Waals surface area contributed by atoms with Gasteiger partial charge in [0.15, 0.2) is 5.82 Å². The summed E-state index contributed by atoms with van der Waals surface area (Å²) in [6.07, 6.45) is 0. The molecule has 0 fully saturated rings. The zero-order valence-corrected chi connectivity index (χ0v) is 12.2. The average molecular weight is 324 g/mol. The van der Waals surface area contributed by atoms with Crippen LogP contribution in [0.25, 0.3) is 0 Å². The number of hydrogen-bond acceptors (Lipinski definition) is 5. The molecule has 0 saturated carbocycles. The third-order valence-corrected chi connectivity index (χ3v) is 4.12. The van der Waals surface area contributed by atoms with E-state index in [1.165, 1.54) is 25.2 Å². The van der Waals surface area contributed by atoms with Gasteiger partial charge in [-0.05, 0) is 18.2 Å². The van der Waals surface area contributed by atoms with Gasteiger partial charge in [-0.1, -0.05) is 6.07 Å². The number of aryl methyl sites for hydroxylation is 1. The highest BCUT2D eigenvalue weighted by molar-refractivity contribution is 7.92. The second-order valence-corrected chi connectivity index (χ2v) is 6.02. The fourth-order valence-electron chi connectivity index (χ4n) is 1.73. The van der Waals surface area contributed by atoms with Crippen molar-refractivity contribution in [1.29, 1.82) is 0 Å². The number of benzene rings is 1. The number of carbonyl (C=O) groups is 2. The van der Waals surface area contributed by atoms with Crippen LogP contribution >= 0.6 is 0 Å². The van der Waals surface area contributed by atoms with Gasteiger partial charge in [0.1, 0.15) is 5.69 Å². The van der Waals surface area contributed by atoms with Gasteiger partial charge in [-0.2, -0.15) is 5.10 Å². The lowest BCUT2D eigenvalue weighted by Crippen LogP contribution is -2.16. The molecule has 0 aliphatic heterocycles. The Bertz CT molecular complexity index is 856. The maximum Gasteiger partial charge on any atom is 0.354 e. The summed E-state index contributed by atoms with van der Waals surface area (Å²) in [5.41, 5.74) is 4.96. The van der Waals surface area contributed by atoms with Crippen molar-refractivity contribution >= 4 is 27.7 Å². The Kier molecular flexibility index (Phi) is 3.87. The standard InChI is InChI=1S/C12H12N4O5S/c1-16-9(12(18)19)6-10(14-16)15-22(20,21)8-4-2-3-7(5-8)11(13)17/h2-6H,1H3,(H2,13,17)(H,14,15)(H,18,19). The second-order valence-electron chi connectivity index (χ2n) is 4.34. The molecule has 2 aromatic rings. The molecule has 1 heterocycles. The lowest BCUT2D eigenvalue weighted by molar-refractivity contribution is 0.0684. The first-order valence-corrected chi connectivity index (χ1v) is 7.39. The monoisotopic (exact) mass is 324 g/mol. The van der Waals surface area contributed by atoms with Crippen LogP contribution in [-0.4, -0.2) is 35.2 Å². The van der Waals surface area contributed by atoms with Gasteiger partial charge >= 0.3 is 5.97 Å². The Hall–Kier alpha value is -2.88. The topological polar surface area (TPSA) is 144 Å². The van der Waals surface area contributed by atoms with Crippen LogP contribution in [0.5, 0.6) is 0 Å². The summed E-state index contributed by atoms with van der Waals surface area (Å²) in [5, 5.41) is 12.7. The number of carbonyl (C=O) groups excluding carboxylic acids is 1. The largest absolute Gasteiger partial charge is 0.477 e. The van der Waals surface area contributed by atoms with Crippen LogP contribution in [-0.2, 0) is 17.1 Å². The molecule has 0 radical (unpaired) electrons. The number of aromatic nitrogens is 2. The van der Waals surface area contributed by atoms with Crippen LogP contribution in [0.1, 0.15) is 20.8 Å². The number of amides is 1. The number of nitrogens with zero attached hydrogens (tertiary/aromatic N) is 2. The minimum atomic E-state index is -4.03. The SMILES string of the molecule is Cn1nc(NS(=O)(=O)c2cccc(C(N)=O)c2)cc1C(=O)O. The molecule has 1 aromatic heterocycles. The first-order valence-electron chi connectivity index (χ1n) is 5.91. The van der Waals surface area contributed by atoms with E-state index in [9.17, 15) is 18.0 Å². The van der Waals surface area contributed by atoms with Gasteiger partial charge in [-0.3, -0.25) is 14.2 Å². The van der Waals surface area contributed by atoms with Crippen LogP contribution in [0.4, 0.5) is 5.82 Å². The molecule has 9 nitrogen and oxygen atoms in total. The van der Waals surface area contributed by atoms with Crippen molar-refractivity contribution in [2.75, 3.05) is 4.72 Å². The molecular weight excluding hydrogens is 312 g/mol. The Balaban J connectivity index is 2.36. The Morgan fingerprint density at radius 3 is 2.55 bits per heavy atom. The molecule has 0 aliphatic rings. The smallest absolute Gasteiger partial charge is 0.354 e. The van der Waals surface area contributed by atoms with Crippen molar-refractivity contribution in [2.24, 2.45) is 12.8 Å².